The summed E-state index contributed by atoms with van der Waals surface area (Å²) in [4.78, 5) is 4.36. The van der Waals surface area contributed by atoms with Crippen molar-refractivity contribution in [3.05, 3.63) is 71.5 Å². The van der Waals surface area contributed by atoms with Crippen molar-refractivity contribution in [2.45, 2.75) is 31.3 Å². The molecule has 1 aliphatic rings. The first kappa shape index (κ1) is 22.8. The summed E-state index contributed by atoms with van der Waals surface area (Å²) in [5.74, 6) is -2.46. The zero-order valence-corrected chi connectivity index (χ0v) is 18.8. The standard InChI is InChI=1S/C24H22F2N6O3/c1-34-13-17(33)8-20(27)22-30-29-21-18-4-2-3-5-19(18)23(31-32(21)22)35-12-16-7-6-14(11-28-16)15-9-24(25,26)10-15/h2-8,11,15,27,33H,9-10,12-13H2,1H3/b17-8-,27-20?. The number of aliphatic hydroxyl groups is 1. The van der Waals surface area contributed by atoms with Crippen LogP contribution in [0.5, 0.6) is 5.88 Å². The molecule has 1 saturated carbocycles. The van der Waals surface area contributed by atoms with E-state index in [1.54, 1.807) is 18.3 Å². The minimum absolute atomic E-state index is 0.0429. The molecule has 1 fully saturated rings. The number of hydrogen-bond acceptors (Lipinski definition) is 8. The van der Waals surface area contributed by atoms with Crippen molar-refractivity contribution in [1.82, 2.24) is 24.8 Å². The quantitative estimate of drug-likeness (QED) is 0.286. The van der Waals surface area contributed by atoms with Crippen LogP contribution in [0.3, 0.4) is 0 Å². The van der Waals surface area contributed by atoms with Crippen LogP contribution in [0.2, 0.25) is 0 Å². The number of alkyl halides is 2. The summed E-state index contributed by atoms with van der Waals surface area (Å²) in [6, 6.07) is 10.9. The summed E-state index contributed by atoms with van der Waals surface area (Å²) in [5.41, 5.74) is 1.75. The summed E-state index contributed by atoms with van der Waals surface area (Å²) < 4.78 is 38.6. The Bertz CT molecular complexity index is 1430. The molecule has 1 aliphatic carbocycles. The number of halogens is 2. The molecular weight excluding hydrogens is 458 g/mol. The number of methoxy groups -OCH3 is 1. The highest BCUT2D eigenvalue weighted by molar-refractivity contribution is 6.05. The van der Waals surface area contributed by atoms with Crippen LogP contribution < -0.4 is 4.74 Å². The molecular formula is C24H22F2N6O3. The first-order valence-electron chi connectivity index (χ1n) is 10.9. The van der Waals surface area contributed by atoms with Gasteiger partial charge in [-0.05, 0) is 23.6 Å². The van der Waals surface area contributed by atoms with Crippen molar-refractivity contribution in [2.24, 2.45) is 0 Å². The van der Waals surface area contributed by atoms with Crippen molar-refractivity contribution in [2.75, 3.05) is 13.7 Å². The van der Waals surface area contributed by atoms with Gasteiger partial charge in [0.25, 0.3) is 0 Å². The van der Waals surface area contributed by atoms with E-state index < -0.39 is 5.92 Å². The highest BCUT2D eigenvalue weighted by Crippen LogP contribution is 2.48. The van der Waals surface area contributed by atoms with Gasteiger partial charge in [-0.1, -0.05) is 24.3 Å². The van der Waals surface area contributed by atoms with Gasteiger partial charge in [0.2, 0.25) is 17.6 Å². The number of nitrogens with zero attached hydrogens (tertiary/aromatic N) is 5. The molecule has 0 saturated heterocycles. The summed E-state index contributed by atoms with van der Waals surface area (Å²) in [7, 11) is 1.44. The normalized spacial score (nSPS) is 15.9. The number of hydrogen-bond donors (Lipinski definition) is 2. The van der Waals surface area contributed by atoms with Crippen LogP contribution in [0.15, 0.2) is 54.4 Å². The molecule has 3 aromatic heterocycles. The van der Waals surface area contributed by atoms with Crippen molar-refractivity contribution >= 4 is 22.1 Å². The maximum atomic E-state index is 13.2. The summed E-state index contributed by atoms with van der Waals surface area (Å²) >= 11 is 0. The number of aliphatic hydroxyl groups excluding tert-OH is 1. The van der Waals surface area contributed by atoms with E-state index in [4.69, 9.17) is 14.9 Å². The van der Waals surface area contributed by atoms with Crippen LogP contribution >= 0.6 is 0 Å². The van der Waals surface area contributed by atoms with E-state index in [9.17, 15) is 13.9 Å². The smallest absolute Gasteiger partial charge is 0.249 e. The van der Waals surface area contributed by atoms with Gasteiger partial charge >= 0.3 is 0 Å². The number of ether oxygens (including phenoxy) is 2. The Morgan fingerprint density at radius 1 is 1.20 bits per heavy atom. The average molecular weight is 480 g/mol. The first-order valence-corrected chi connectivity index (χ1v) is 10.9. The van der Waals surface area contributed by atoms with E-state index in [2.05, 4.69) is 20.3 Å². The molecule has 9 nitrogen and oxygen atoms in total. The van der Waals surface area contributed by atoms with E-state index in [0.29, 0.717) is 16.7 Å². The fraction of sp³-hybridized carbons (Fsp3) is 0.292. The number of nitrogens with one attached hydrogen (secondary N) is 1. The Kier molecular flexibility index (Phi) is 5.85. The predicted molar refractivity (Wildman–Crippen MR) is 123 cm³/mol. The molecule has 0 atom stereocenters. The molecule has 2 N–H and O–H groups in total. The fourth-order valence-corrected chi connectivity index (χ4v) is 4.05. The SMILES string of the molecule is COC/C(O)=C/C(=N)c1nnc2c3ccccc3c(OCc3ccc(C4CC(F)(F)C4)cn3)nn12. The van der Waals surface area contributed by atoms with Gasteiger partial charge in [-0.25, -0.2) is 8.78 Å². The number of rotatable bonds is 8. The van der Waals surface area contributed by atoms with Crippen LogP contribution in [-0.2, 0) is 11.3 Å². The van der Waals surface area contributed by atoms with Crippen molar-refractivity contribution < 1.29 is 23.4 Å². The van der Waals surface area contributed by atoms with Gasteiger partial charge in [-0.2, -0.15) is 4.52 Å². The molecule has 0 spiro atoms. The van der Waals surface area contributed by atoms with Gasteiger partial charge in [-0.3, -0.25) is 10.4 Å². The molecule has 35 heavy (non-hydrogen) atoms. The molecule has 180 valence electrons. The zero-order valence-electron chi connectivity index (χ0n) is 18.8. The molecule has 5 rings (SSSR count). The lowest BCUT2D eigenvalue weighted by atomic mass is 9.77. The van der Waals surface area contributed by atoms with Crippen LogP contribution in [0.4, 0.5) is 8.78 Å². The van der Waals surface area contributed by atoms with E-state index >= 15 is 0 Å². The monoisotopic (exact) mass is 480 g/mol. The lowest BCUT2D eigenvalue weighted by Crippen LogP contribution is -2.33. The van der Waals surface area contributed by atoms with Crippen molar-refractivity contribution in [3.63, 3.8) is 0 Å². The van der Waals surface area contributed by atoms with E-state index in [-0.39, 0.29) is 55.1 Å². The van der Waals surface area contributed by atoms with Gasteiger partial charge in [0.1, 0.15) is 24.7 Å². The minimum Gasteiger partial charge on any atom is -0.510 e. The maximum absolute atomic E-state index is 13.2. The molecule has 0 amide bonds. The fourth-order valence-electron chi connectivity index (χ4n) is 4.05. The van der Waals surface area contributed by atoms with Gasteiger partial charge in [-0.15, -0.1) is 15.3 Å². The number of aromatic nitrogens is 5. The van der Waals surface area contributed by atoms with Crippen LogP contribution in [-0.4, -0.2) is 55.3 Å². The van der Waals surface area contributed by atoms with E-state index in [1.807, 2.05) is 24.3 Å². The van der Waals surface area contributed by atoms with Gasteiger partial charge in [0.15, 0.2) is 5.65 Å². The predicted octanol–water partition coefficient (Wildman–Crippen LogP) is 4.22. The molecule has 0 radical (unpaired) electrons. The molecule has 0 bridgehead atoms. The first-order chi connectivity index (χ1) is 16.8. The molecule has 0 aliphatic heterocycles. The van der Waals surface area contributed by atoms with Gasteiger partial charge in [0.05, 0.1) is 5.69 Å². The summed E-state index contributed by atoms with van der Waals surface area (Å²) in [5, 5.41) is 32.4. The molecule has 3 heterocycles. The van der Waals surface area contributed by atoms with Crippen LogP contribution in [0, 0.1) is 5.41 Å². The Morgan fingerprint density at radius 2 is 1.97 bits per heavy atom. The molecule has 1 aromatic carbocycles. The number of fused-ring (bicyclic) bond motifs is 3. The van der Waals surface area contributed by atoms with Gasteiger partial charge < -0.3 is 14.6 Å². The third-order valence-electron chi connectivity index (χ3n) is 5.84. The Balaban J connectivity index is 1.42. The largest absolute Gasteiger partial charge is 0.510 e. The van der Waals surface area contributed by atoms with Crippen molar-refractivity contribution in [1.29, 1.82) is 5.41 Å². The second kappa shape index (κ2) is 8.99. The average Bonchev–Trinajstić information content (AvgIpc) is 3.26. The van der Waals surface area contributed by atoms with Crippen molar-refractivity contribution in [3.8, 4) is 5.88 Å². The minimum atomic E-state index is -2.58. The third kappa shape index (κ3) is 4.54. The second-order valence-corrected chi connectivity index (χ2v) is 8.42. The highest BCUT2D eigenvalue weighted by Gasteiger charge is 2.45. The summed E-state index contributed by atoms with van der Waals surface area (Å²) in [6.45, 7) is 0.0614. The topological polar surface area (TPSA) is 119 Å². The lowest BCUT2D eigenvalue weighted by molar-refractivity contribution is -0.0868. The number of allylic oxidation sites excluding steroid dienone is 1. The van der Waals surface area contributed by atoms with Gasteiger partial charge in [0, 0.05) is 43.0 Å². The Morgan fingerprint density at radius 3 is 2.66 bits per heavy atom. The third-order valence-corrected chi connectivity index (χ3v) is 5.84. The van der Waals surface area contributed by atoms with E-state index in [0.717, 1.165) is 10.9 Å². The van der Waals surface area contributed by atoms with Crippen LogP contribution in [0.1, 0.15) is 35.8 Å². The zero-order chi connectivity index (χ0) is 24.6. The van der Waals surface area contributed by atoms with Crippen LogP contribution in [0.25, 0.3) is 16.4 Å². The lowest BCUT2D eigenvalue weighted by Gasteiger charge is -2.35. The second-order valence-electron chi connectivity index (χ2n) is 8.42. The molecule has 0 unspecified atom stereocenters. The Hall–Kier alpha value is -3.99. The highest BCUT2D eigenvalue weighted by atomic mass is 19.3. The molecule has 4 aromatic rings. The maximum Gasteiger partial charge on any atom is 0.249 e. The Labute approximate surface area is 198 Å². The molecule has 11 heteroatoms. The number of pyridine rings is 1. The number of benzene rings is 1. The summed E-state index contributed by atoms with van der Waals surface area (Å²) in [6.07, 6.45) is 2.55. The van der Waals surface area contributed by atoms with E-state index in [1.165, 1.54) is 17.7 Å².